The van der Waals surface area contributed by atoms with Crippen LogP contribution in [0.2, 0.25) is 0 Å². The van der Waals surface area contributed by atoms with Crippen LogP contribution in [0.25, 0.3) is 0 Å². The van der Waals surface area contributed by atoms with Crippen molar-refractivity contribution in [3.63, 3.8) is 0 Å². The number of nitrogens with one attached hydrogen (secondary N) is 2. The van der Waals surface area contributed by atoms with E-state index in [0.717, 1.165) is 18.2 Å². The number of piperidine rings is 1. The third-order valence-electron chi connectivity index (χ3n) is 3.24. The summed E-state index contributed by atoms with van der Waals surface area (Å²) in [5.74, 6) is 0.634. The first-order valence-electron chi connectivity index (χ1n) is 6.85. The highest BCUT2D eigenvalue weighted by atomic mass is 32.1. The molecule has 0 spiro atoms. The van der Waals surface area contributed by atoms with Crippen molar-refractivity contribution in [1.82, 2.24) is 15.5 Å². The molecule has 0 bridgehead atoms. The molecule has 1 atom stereocenters. The predicted octanol–water partition coefficient (Wildman–Crippen LogP) is 1.98. The summed E-state index contributed by atoms with van der Waals surface area (Å²) in [5, 5.41) is 7.35. The van der Waals surface area contributed by atoms with Gasteiger partial charge in [-0.15, -0.1) is 0 Å². The summed E-state index contributed by atoms with van der Waals surface area (Å²) in [7, 11) is 0. The molecule has 17 heavy (non-hydrogen) atoms. The van der Waals surface area contributed by atoms with Crippen molar-refractivity contribution >= 4 is 17.3 Å². The van der Waals surface area contributed by atoms with Crippen LogP contribution in [0.4, 0.5) is 0 Å². The van der Waals surface area contributed by atoms with Gasteiger partial charge in [-0.25, -0.2) is 0 Å². The molecule has 2 N–H and O–H groups in total. The molecule has 0 amide bonds. The fourth-order valence-corrected chi connectivity index (χ4v) is 2.25. The van der Waals surface area contributed by atoms with Gasteiger partial charge in [0.1, 0.15) is 0 Å². The van der Waals surface area contributed by atoms with E-state index in [9.17, 15) is 0 Å². The van der Waals surface area contributed by atoms with Crippen molar-refractivity contribution in [3.05, 3.63) is 0 Å². The van der Waals surface area contributed by atoms with Crippen LogP contribution in [0.1, 0.15) is 40.0 Å². The number of hydrogen-bond acceptors (Lipinski definition) is 2. The first-order valence-corrected chi connectivity index (χ1v) is 7.26. The molecule has 1 heterocycles. The number of rotatable bonds is 5. The highest BCUT2D eigenvalue weighted by molar-refractivity contribution is 7.80. The third kappa shape index (κ3) is 6.22. The number of nitrogens with zero attached hydrogens (tertiary/aromatic N) is 1. The normalized spacial score (nSPS) is 19.1. The summed E-state index contributed by atoms with van der Waals surface area (Å²) in [4.78, 5) is 2.56. The second-order valence-electron chi connectivity index (χ2n) is 5.43. The van der Waals surface area contributed by atoms with Crippen molar-refractivity contribution in [2.75, 3.05) is 26.2 Å². The molecule has 0 aliphatic carbocycles. The minimum atomic E-state index is 0.578. The fourth-order valence-electron chi connectivity index (χ4n) is 2.09. The molecule has 0 radical (unpaired) electrons. The van der Waals surface area contributed by atoms with Gasteiger partial charge in [0.2, 0.25) is 0 Å². The Morgan fingerprint density at radius 1 is 1.06 bits per heavy atom. The van der Waals surface area contributed by atoms with Crippen molar-refractivity contribution < 1.29 is 0 Å². The first kappa shape index (κ1) is 14.7. The molecule has 1 unspecified atom stereocenters. The second-order valence-corrected chi connectivity index (χ2v) is 5.84. The molecular formula is C13H27N3S. The zero-order valence-electron chi connectivity index (χ0n) is 11.5. The van der Waals surface area contributed by atoms with E-state index < -0.39 is 0 Å². The minimum Gasteiger partial charge on any atom is -0.362 e. The van der Waals surface area contributed by atoms with E-state index in [1.807, 2.05) is 0 Å². The summed E-state index contributed by atoms with van der Waals surface area (Å²) >= 11 is 5.25. The van der Waals surface area contributed by atoms with Gasteiger partial charge in [0, 0.05) is 19.1 Å². The third-order valence-corrected chi connectivity index (χ3v) is 3.53. The quantitative estimate of drug-likeness (QED) is 0.737. The molecule has 1 aliphatic heterocycles. The van der Waals surface area contributed by atoms with E-state index in [-0.39, 0.29) is 0 Å². The van der Waals surface area contributed by atoms with Gasteiger partial charge in [0.05, 0.1) is 0 Å². The Morgan fingerprint density at radius 2 is 1.65 bits per heavy atom. The number of likely N-dealkylation sites (tertiary alicyclic amines) is 1. The summed E-state index contributed by atoms with van der Waals surface area (Å²) in [6.07, 6.45) is 4.09. The lowest BCUT2D eigenvalue weighted by molar-refractivity contribution is 0.174. The van der Waals surface area contributed by atoms with Crippen LogP contribution < -0.4 is 10.6 Å². The average molecular weight is 257 g/mol. The van der Waals surface area contributed by atoms with Gasteiger partial charge in [-0.2, -0.15) is 0 Å². The maximum Gasteiger partial charge on any atom is 0.166 e. The molecule has 0 aromatic heterocycles. The minimum absolute atomic E-state index is 0.578. The summed E-state index contributed by atoms with van der Waals surface area (Å²) in [6, 6.07) is 0.578. The van der Waals surface area contributed by atoms with E-state index in [1.54, 1.807) is 0 Å². The standard InChI is InChI=1S/C13H27N3S/c1-11(2)9-14-13(17)15-10-12(3)16-7-5-4-6-8-16/h11-12H,4-10H2,1-3H3,(H2,14,15,17). The van der Waals surface area contributed by atoms with Crippen LogP contribution in [-0.4, -0.2) is 42.2 Å². The molecule has 1 fully saturated rings. The first-order chi connectivity index (χ1) is 8.09. The smallest absolute Gasteiger partial charge is 0.166 e. The topological polar surface area (TPSA) is 27.3 Å². The Morgan fingerprint density at radius 3 is 2.24 bits per heavy atom. The molecule has 0 aromatic rings. The van der Waals surface area contributed by atoms with Crippen molar-refractivity contribution in [3.8, 4) is 0 Å². The molecule has 1 saturated heterocycles. The van der Waals surface area contributed by atoms with Gasteiger partial charge in [-0.3, -0.25) is 4.90 Å². The van der Waals surface area contributed by atoms with Crippen LogP contribution in [-0.2, 0) is 0 Å². The van der Waals surface area contributed by atoms with Gasteiger partial charge < -0.3 is 10.6 Å². The largest absolute Gasteiger partial charge is 0.362 e. The SMILES string of the molecule is CC(C)CNC(=S)NCC(C)N1CCCCC1. The highest BCUT2D eigenvalue weighted by Crippen LogP contribution is 2.11. The van der Waals surface area contributed by atoms with Crippen LogP contribution in [0.5, 0.6) is 0 Å². The van der Waals surface area contributed by atoms with Gasteiger partial charge in [0.15, 0.2) is 5.11 Å². The molecule has 1 rings (SSSR count). The molecule has 3 nitrogen and oxygen atoms in total. The Balaban J connectivity index is 2.13. The molecule has 4 heteroatoms. The summed E-state index contributed by atoms with van der Waals surface area (Å²) < 4.78 is 0. The predicted molar refractivity (Wildman–Crippen MR) is 78.3 cm³/mol. The maximum absolute atomic E-state index is 5.25. The second kappa shape index (κ2) is 7.88. The highest BCUT2D eigenvalue weighted by Gasteiger charge is 2.16. The van der Waals surface area contributed by atoms with E-state index >= 15 is 0 Å². The summed E-state index contributed by atoms with van der Waals surface area (Å²) in [5.41, 5.74) is 0. The van der Waals surface area contributed by atoms with E-state index in [2.05, 4.69) is 36.3 Å². The van der Waals surface area contributed by atoms with Crippen LogP contribution in [0, 0.1) is 5.92 Å². The van der Waals surface area contributed by atoms with Gasteiger partial charge in [-0.1, -0.05) is 20.3 Å². The van der Waals surface area contributed by atoms with E-state index in [4.69, 9.17) is 12.2 Å². The van der Waals surface area contributed by atoms with Crippen molar-refractivity contribution in [2.45, 2.75) is 46.1 Å². The molecular weight excluding hydrogens is 230 g/mol. The Bertz CT molecular complexity index is 225. The lowest BCUT2D eigenvalue weighted by Crippen LogP contribution is -2.47. The van der Waals surface area contributed by atoms with E-state index in [1.165, 1.54) is 32.4 Å². The molecule has 1 aliphatic rings. The lowest BCUT2D eigenvalue weighted by atomic mass is 10.1. The molecule has 0 aromatic carbocycles. The Labute approximate surface area is 111 Å². The number of thiocarbonyl (C=S) groups is 1. The lowest BCUT2D eigenvalue weighted by Gasteiger charge is -2.32. The zero-order chi connectivity index (χ0) is 12.7. The van der Waals surface area contributed by atoms with Gasteiger partial charge in [-0.05, 0) is 51.0 Å². The molecule has 100 valence electrons. The van der Waals surface area contributed by atoms with Gasteiger partial charge in [0.25, 0.3) is 0 Å². The van der Waals surface area contributed by atoms with Crippen LogP contribution >= 0.6 is 12.2 Å². The summed E-state index contributed by atoms with van der Waals surface area (Å²) in [6.45, 7) is 11.0. The zero-order valence-corrected chi connectivity index (χ0v) is 12.3. The number of hydrogen-bond donors (Lipinski definition) is 2. The van der Waals surface area contributed by atoms with Crippen LogP contribution in [0.3, 0.4) is 0 Å². The van der Waals surface area contributed by atoms with Crippen molar-refractivity contribution in [1.29, 1.82) is 0 Å². The molecule has 0 saturated carbocycles. The van der Waals surface area contributed by atoms with Crippen molar-refractivity contribution in [2.24, 2.45) is 5.92 Å². The fraction of sp³-hybridized carbons (Fsp3) is 0.923. The van der Waals surface area contributed by atoms with E-state index in [0.29, 0.717) is 12.0 Å². The van der Waals surface area contributed by atoms with Gasteiger partial charge >= 0.3 is 0 Å². The maximum atomic E-state index is 5.25. The average Bonchev–Trinajstić information content (AvgIpc) is 2.34. The monoisotopic (exact) mass is 257 g/mol. The Kier molecular flexibility index (Phi) is 6.82. The van der Waals surface area contributed by atoms with Crippen LogP contribution in [0.15, 0.2) is 0 Å². The Hall–Kier alpha value is -0.350.